The third-order valence-corrected chi connectivity index (χ3v) is 8.80. The number of hydrogen-bond donors (Lipinski definition) is 0. The van der Waals surface area contributed by atoms with Gasteiger partial charge in [0, 0.05) is 40.4 Å². The Labute approximate surface area is 326 Å². The second-order valence-electron chi connectivity index (χ2n) is 14.6. The summed E-state index contributed by atoms with van der Waals surface area (Å²) in [5.74, 6) is 1.62. The molecule has 7 aromatic rings. The molecule has 0 amide bonds. The molecular weight excluding hydrogens is 836 g/mol. The number of rotatable bonds is 9. The van der Waals surface area contributed by atoms with Gasteiger partial charge in [0.2, 0.25) is 11.8 Å². The van der Waals surface area contributed by atoms with Gasteiger partial charge in [0.05, 0.1) is 0 Å². The molecule has 4 aromatic heterocycles. The van der Waals surface area contributed by atoms with E-state index in [4.69, 9.17) is 19.4 Å². The predicted molar refractivity (Wildman–Crippen MR) is 209 cm³/mol. The first-order valence-corrected chi connectivity index (χ1v) is 17.7. The van der Waals surface area contributed by atoms with Gasteiger partial charge in [0.1, 0.15) is 0 Å². The zero-order valence-corrected chi connectivity index (χ0v) is 33.3. The summed E-state index contributed by atoms with van der Waals surface area (Å²) in [6.45, 7) is 14.9. The van der Waals surface area contributed by atoms with E-state index in [2.05, 4.69) is 118 Å². The molecule has 4 heterocycles. The van der Waals surface area contributed by atoms with Crippen molar-refractivity contribution < 1.29 is 25.5 Å². The fraction of sp³-hybridized carbons (Fsp3) is 0.222. The molecule has 8 heteroatoms. The minimum atomic E-state index is -0.250. The van der Waals surface area contributed by atoms with Crippen LogP contribution < -0.4 is 4.90 Å². The maximum absolute atomic E-state index is 6.06. The summed E-state index contributed by atoms with van der Waals surface area (Å²) >= 11 is 0. The Balaban J connectivity index is 0.00000481. The third-order valence-electron chi connectivity index (χ3n) is 8.80. The standard InChI is InChI=1S/C45H42N6O.Pt/c1-29(2)40-27-34(28-41(48-40)30(3)4)33-22-35(39-18-11-12-20-46-39)25-38(24-33)51(36-15-9-8-10-16-36)37-17-13-14-31(23-37)42-26-32(19-21-47-42)43-49-50-44(52-43)45(5,6)7;/h8-22,24,26-30H,1-7H3;/q-2;+2. The number of pyridine rings is 3. The monoisotopic (exact) mass is 877 g/mol. The van der Waals surface area contributed by atoms with Crippen molar-refractivity contribution in [2.45, 2.75) is 65.7 Å². The van der Waals surface area contributed by atoms with E-state index in [0.717, 1.165) is 67.7 Å². The van der Waals surface area contributed by atoms with Crippen molar-refractivity contribution >= 4 is 17.1 Å². The van der Waals surface area contributed by atoms with E-state index in [-0.39, 0.29) is 38.3 Å². The molecule has 0 bridgehead atoms. The van der Waals surface area contributed by atoms with Crippen LogP contribution in [0.2, 0.25) is 0 Å². The summed E-state index contributed by atoms with van der Waals surface area (Å²) in [6, 6.07) is 42.5. The molecule has 0 aliphatic carbocycles. The predicted octanol–water partition coefficient (Wildman–Crippen LogP) is 11.5. The van der Waals surface area contributed by atoms with Crippen molar-refractivity contribution in [3.8, 4) is 45.1 Å². The van der Waals surface area contributed by atoms with Gasteiger partial charge in [-0.15, -0.1) is 63.8 Å². The van der Waals surface area contributed by atoms with Gasteiger partial charge >= 0.3 is 21.1 Å². The van der Waals surface area contributed by atoms with Gasteiger partial charge in [-0.25, -0.2) is 0 Å². The largest absolute Gasteiger partial charge is 2.00 e. The van der Waals surface area contributed by atoms with Crippen molar-refractivity contribution in [3.05, 3.63) is 145 Å². The molecule has 0 atom stereocenters. The van der Waals surface area contributed by atoms with Crippen LogP contribution in [0.4, 0.5) is 17.1 Å². The van der Waals surface area contributed by atoms with Crippen LogP contribution in [0.25, 0.3) is 45.1 Å². The second-order valence-corrected chi connectivity index (χ2v) is 14.6. The average Bonchev–Trinajstić information content (AvgIpc) is 3.68. The Morgan fingerprint density at radius 1 is 0.604 bits per heavy atom. The van der Waals surface area contributed by atoms with E-state index in [1.165, 1.54) is 0 Å². The number of hydrogen-bond acceptors (Lipinski definition) is 7. The van der Waals surface area contributed by atoms with Crippen LogP contribution in [0, 0.1) is 12.1 Å². The fourth-order valence-electron chi connectivity index (χ4n) is 5.91. The number of benzene rings is 3. The molecule has 0 saturated carbocycles. The molecule has 0 fully saturated rings. The van der Waals surface area contributed by atoms with Gasteiger partial charge in [-0.3, -0.25) is 4.98 Å². The van der Waals surface area contributed by atoms with Crippen LogP contribution in [-0.4, -0.2) is 25.1 Å². The molecule has 7 rings (SSSR count). The average molecular weight is 878 g/mol. The molecule has 7 nitrogen and oxygen atoms in total. The maximum Gasteiger partial charge on any atom is 2.00 e. The van der Waals surface area contributed by atoms with Gasteiger partial charge < -0.3 is 19.3 Å². The molecule has 0 radical (unpaired) electrons. The molecule has 0 aliphatic heterocycles. The normalized spacial score (nSPS) is 11.5. The van der Waals surface area contributed by atoms with Gasteiger partial charge in [0.15, 0.2) is 0 Å². The van der Waals surface area contributed by atoms with Gasteiger partial charge in [-0.1, -0.05) is 90.4 Å². The van der Waals surface area contributed by atoms with E-state index < -0.39 is 0 Å². The number of nitrogens with zero attached hydrogens (tertiary/aromatic N) is 6. The molecule has 0 unspecified atom stereocenters. The third kappa shape index (κ3) is 8.37. The Bertz CT molecular complexity index is 2290. The summed E-state index contributed by atoms with van der Waals surface area (Å²) in [6.07, 6.45) is 3.59. The molecule has 3 aromatic carbocycles. The summed E-state index contributed by atoms with van der Waals surface area (Å²) in [4.78, 5) is 16.7. The van der Waals surface area contributed by atoms with Crippen molar-refractivity contribution in [3.63, 3.8) is 0 Å². The smallest absolute Gasteiger partial charge is 0.420 e. The van der Waals surface area contributed by atoms with Crippen molar-refractivity contribution in [2.24, 2.45) is 0 Å². The number of anilines is 3. The van der Waals surface area contributed by atoms with E-state index >= 15 is 0 Å². The minimum absolute atomic E-state index is 0. The first kappa shape index (κ1) is 37.5. The zero-order valence-electron chi connectivity index (χ0n) is 31.0. The van der Waals surface area contributed by atoms with Crippen molar-refractivity contribution in [2.75, 3.05) is 4.90 Å². The molecule has 0 aliphatic rings. The van der Waals surface area contributed by atoms with Crippen LogP contribution in [0.15, 0.2) is 120 Å². The first-order valence-electron chi connectivity index (χ1n) is 17.7. The van der Waals surface area contributed by atoms with E-state index in [1.807, 2.05) is 66.9 Å². The van der Waals surface area contributed by atoms with Crippen LogP contribution in [0.3, 0.4) is 0 Å². The summed E-state index contributed by atoms with van der Waals surface area (Å²) in [5, 5.41) is 8.63. The summed E-state index contributed by atoms with van der Waals surface area (Å²) in [7, 11) is 0. The van der Waals surface area contributed by atoms with Crippen LogP contribution in [-0.2, 0) is 26.5 Å². The Morgan fingerprint density at radius 2 is 1.28 bits per heavy atom. The zero-order chi connectivity index (χ0) is 36.4. The van der Waals surface area contributed by atoms with Crippen LogP contribution in [0.1, 0.15) is 77.6 Å². The van der Waals surface area contributed by atoms with Gasteiger partial charge in [0.25, 0.3) is 0 Å². The quantitative estimate of drug-likeness (QED) is 0.134. The van der Waals surface area contributed by atoms with Crippen molar-refractivity contribution in [1.82, 2.24) is 25.1 Å². The second kappa shape index (κ2) is 15.8. The van der Waals surface area contributed by atoms with E-state index in [9.17, 15) is 0 Å². The Kier molecular flexibility index (Phi) is 11.2. The molecule has 0 N–H and O–H groups in total. The molecular formula is C45H42N6OPt. The minimum Gasteiger partial charge on any atom is -0.420 e. The summed E-state index contributed by atoms with van der Waals surface area (Å²) < 4.78 is 6.06. The van der Waals surface area contributed by atoms with Crippen LogP contribution in [0.5, 0.6) is 0 Å². The maximum atomic E-state index is 6.06. The fourth-order valence-corrected chi connectivity index (χ4v) is 5.91. The molecule has 53 heavy (non-hydrogen) atoms. The number of aromatic nitrogens is 5. The summed E-state index contributed by atoms with van der Waals surface area (Å²) in [5.41, 5.74) is 10.8. The SMILES string of the molecule is CC(C)c1cc(-c2cc(-c3ccccn3)[c-]c(N(c3[c-]c(-c4cc(-c5nnc(C(C)(C)C)o5)ccn4)ccc3)c3ccccc3)c2)cc(C(C)C)n1.[Pt+2]. The van der Waals surface area contributed by atoms with E-state index in [1.54, 1.807) is 6.20 Å². The Morgan fingerprint density at radius 3 is 1.94 bits per heavy atom. The molecule has 0 spiro atoms. The molecule has 0 saturated heterocycles. The van der Waals surface area contributed by atoms with Crippen molar-refractivity contribution in [1.29, 1.82) is 0 Å². The number of para-hydroxylation sites is 1. The van der Waals surface area contributed by atoms with Gasteiger partial charge in [-0.05, 0) is 76.6 Å². The Hall–Kier alpha value is -5.26. The topological polar surface area (TPSA) is 80.8 Å². The van der Waals surface area contributed by atoms with Crippen LogP contribution >= 0.6 is 0 Å². The molecule has 268 valence electrons. The van der Waals surface area contributed by atoms with Gasteiger partial charge in [-0.2, -0.15) is 0 Å². The van der Waals surface area contributed by atoms with E-state index in [0.29, 0.717) is 11.8 Å². The first-order chi connectivity index (χ1) is 25.0.